The molecule has 0 aliphatic heterocycles. The van der Waals surface area contributed by atoms with Gasteiger partial charge in [0.05, 0.1) is 24.3 Å². The number of aryl methyl sites for hydroxylation is 1. The Labute approximate surface area is 83.8 Å². The second-order valence-corrected chi connectivity index (χ2v) is 3.40. The van der Waals surface area contributed by atoms with Crippen molar-refractivity contribution in [2.45, 2.75) is 26.4 Å². The van der Waals surface area contributed by atoms with Crippen LogP contribution >= 0.6 is 0 Å². The molecule has 0 saturated carbocycles. The molecule has 0 radical (unpaired) electrons. The summed E-state index contributed by atoms with van der Waals surface area (Å²) in [5, 5.41) is 22.8. The van der Waals surface area contributed by atoms with Gasteiger partial charge in [-0.3, -0.25) is 4.68 Å². The van der Waals surface area contributed by atoms with Crippen molar-refractivity contribution in [2.75, 3.05) is 0 Å². The lowest BCUT2D eigenvalue weighted by Crippen LogP contribution is -2.10. The summed E-state index contributed by atoms with van der Waals surface area (Å²) in [4.78, 5) is 0. The Kier molecular flexibility index (Phi) is 3.26. The third-order valence-electron chi connectivity index (χ3n) is 2.58. The van der Waals surface area contributed by atoms with Crippen molar-refractivity contribution in [1.29, 1.82) is 5.26 Å². The van der Waals surface area contributed by atoms with Gasteiger partial charge in [-0.2, -0.15) is 10.4 Å². The molecule has 1 aromatic rings. The van der Waals surface area contributed by atoms with Crippen LogP contribution in [0.5, 0.6) is 0 Å². The van der Waals surface area contributed by atoms with E-state index in [9.17, 15) is 5.11 Å². The van der Waals surface area contributed by atoms with Gasteiger partial charge in [-0.15, -0.1) is 0 Å². The molecule has 1 N–H and O–H groups in total. The first-order valence-corrected chi connectivity index (χ1v) is 4.68. The van der Waals surface area contributed by atoms with Crippen molar-refractivity contribution in [3.63, 3.8) is 0 Å². The minimum absolute atomic E-state index is 0.349. The minimum atomic E-state index is -0.723. The van der Waals surface area contributed by atoms with Crippen LogP contribution in [-0.4, -0.2) is 14.9 Å². The summed E-state index contributed by atoms with van der Waals surface area (Å²) >= 11 is 0. The van der Waals surface area contributed by atoms with Crippen molar-refractivity contribution in [3.05, 3.63) is 17.5 Å². The first-order valence-electron chi connectivity index (χ1n) is 4.68. The summed E-state index contributed by atoms with van der Waals surface area (Å²) in [6.45, 7) is 3.78. The Bertz CT molecular complexity index is 351. The summed E-state index contributed by atoms with van der Waals surface area (Å²) in [5.41, 5.74) is 1.66. The minimum Gasteiger partial charge on any atom is -0.387 e. The first kappa shape index (κ1) is 10.7. The van der Waals surface area contributed by atoms with E-state index in [0.717, 1.165) is 11.3 Å². The van der Waals surface area contributed by atoms with Crippen LogP contribution in [-0.2, 0) is 7.05 Å². The molecule has 4 nitrogen and oxygen atoms in total. The largest absolute Gasteiger partial charge is 0.387 e. The van der Waals surface area contributed by atoms with Crippen LogP contribution in [0.1, 0.15) is 30.7 Å². The number of aliphatic hydroxyl groups excluding tert-OH is 1. The van der Waals surface area contributed by atoms with Crippen molar-refractivity contribution in [3.8, 4) is 6.07 Å². The van der Waals surface area contributed by atoms with Gasteiger partial charge in [0.25, 0.3) is 0 Å². The maximum atomic E-state index is 9.90. The summed E-state index contributed by atoms with van der Waals surface area (Å²) in [5.74, 6) is -0.349. The van der Waals surface area contributed by atoms with Gasteiger partial charge in [0.1, 0.15) is 0 Å². The monoisotopic (exact) mass is 193 g/mol. The van der Waals surface area contributed by atoms with Gasteiger partial charge in [-0.25, -0.2) is 0 Å². The van der Waals surface area contributed by atoms with E-state index in [1.807, 2.05) is 20.9 Å². The van der Waals surface area contributed by atoms with Crippen LogP contribution in [0.15, 0.2) is 6.20 Å². The molecule has 0 fully saturated rings. The maximum Gasteiger partial charge on any atom is 0.0980 e. The SMILES string of the molecule is CCC(C#N)C(O)c1cnn(C)c1C. The zero-order chi connectivity index (χ0) is 10.7. The molecule has 0 saturated heterocycles. The average Bonchev–Trinajstić information content (AvgIpc) is 2.49. The highest BCUT2D eigenvalue weighted by Crippen LogP contribution is 2.25. The van der Waals surface area contributed by atoms with Crippen LogP contribution in [0, 0.1) is 24.2 Å². The molecule has 1 aromatic heterocycles. The Balaban J connectivity index is 2.95. The maximum absolute atomic E-state index is 9.90. The quantitative estimate of drug-likeness (QED) is 0.787. The number of nitriles is 1. The van der Waals surface area contributed by atoms with Crippen LogP contribution < -0.4 is 0 Å². The molecule has 4 heteroatoms. The Morgan fingerprint density at radius 3 is 2.71 bits per heavy atom. The Hall–Kier alpha value is -1.34. The molecule has 1 heterocycles. The van der Waals surface area contributed by atoms with E-state index in [1.54, 1.807) is 10.9 Å². The third kappa shape index (κ3) is 1.78. The van der Waals surface area contributed by atoms with E-state index in [2.05, 4.69) is 11.2 Å². The molecule has 0 aliphatic rings. The van der Waals surface area contributed by atoms with Crippen molar-refractivity contribution in [1.82, 2.24) is 9.78 Å². The molecule has 0 amide bonds. The number of hydrogen-bond acceptors (Lipinski definition) is 3. The normalized spacial score (nSPS) is 14.8. The summed E-state index contributed by atoms with van der Waals surface area (Å²) in [7, 11) is 1.82. The molecular formula is C10H15N3O. The Morgan fingerprint density at radius 1 is 1.71 bits per heavy atom. The fourth-order valence-corrected chi connectivity index (χ4v) is 1.41. The van der Waals surface area contributed by atoms with Crippen molar-refractivity contribution in [2.24, 2.45) is 13.0 Å². The zero-order valence-corrected chi connectivity index (χ0v) is 8.73. The molecule has 0 bridgehead atoms. The Morgan fingerprint density at radius 2 is 2.36 bits per heavy atom. The van der Waals surface area contributed by atoms with Crippen LogP contribution in [0.25, 0.3) is 0 Å². The third-order valence-corrected chi connectivity index (χ3v) is 2.58. The fraction of sp³-hybridized carbons (Fsp3) is 0.600. The van der Waals surface area contributed by atoms with E-state index in [1.165, 1.54) is 0 Å². The highest BCUT2D eigenvalue weighted by Gasteiger charge is 2.22. The number of aliphatic hydroxyl groups is 1. The lowest BCUT2D eigenvalue weighted by Gasteiger charge is -2.14. The van der Waals surface area contributed by atoms with E-state index in [-0.39, 0.29) is 5.92 Å². The zero-order valence-electron chi connectivity index (χ0n) is 8.73. The topological polar surface area (TPSA) is 61.8 Å². The van der Waals surface area contributed by atoms with Crippen LogP contribution in [0.3, 0.4) is 0 Å². The van der Waals surface area contributed by atoms with Crippen molar-refractivity contribution >= 4 is 0 Å². The fourth-order valence-electron chi connectivity index (χ4n) is 1.41. The number of aromatic nitrogens is 2. The number of nitrogens with zero attached hydrogens (tertiary/aromatic N) is 3. The molecule has 0 spiro atoms. The number of hydrogen-bond donors (Lipinski definition) is 1. The number of rotatable bonds is 3. The van der Waals surface area contributed by atoms with Gasteiger partial charge in [0.2, 0.25) is 0 Å². The van der Waals surface area contributed by atoms with E-state index in [4.69, 9.17) is 5.26 Å². The molecule has 2 unspecified atom stereocenters. The van der Waals surface area contributed by atoms with E-state index < -0.39 is 6.10 Å². The lowest BCUT2D eigenvalue weighted by atomic mass is 9.95. The lowest BCUT2D eigenvalue weighted by molar-refractivity contribution is 0.132. The van der Waals surface area contributed by atoms with Gasteiger partial charge in [0.15, 0.2) is 0 Å². The molecule has 1 rings (SSSR count). The molecule has 0 aliphatic carbocycles. The second kappa shape index (κ2) is 4.25. The molecule has 2 atom stereocenters. The van der Waals surface area contributed by atoms with Crippen LogP contribution in [0.2, 0.25) is 0 Å². The highest BCUT2D eigenvalue weighted by atomic mass is 16.3. The predicted octanol–water partition coefficient (Wildman–Crippen LogP) is 1.31. The molecule has 76 valence electrons. The molecular weight excluding hydrogens is 178 g/mol. The smallest absolute Gasteiger partial charge is 0.0980 e. The van der Waals surface area contributed by atoms with Gasteiger partial charge in [-0.1, -0.05) is 6.92 Å². The first-order chi connectivity index (χ1) is 6.61. The van der Waals surface area contributed by atoms with Gasteiger partial charge < -0.3 is 5.11 Å². The van der Waals surface area contributed by atoms with Gasteiger partial charge >= 0.3 is 0 Å². The second-order valence-electron chi connectivity index (χ2n) is 3.40. The van der Waals surface area contributed by atoms with Crippen LogP contribution in [0.4, 0.5) is 0 Å². The van der Waals surface area contributed by atoms with E-state index >= 15 is 0 Å². The summed E-state index contributed by atoms with van der Waals surface area (Å²) in [6.07, 6.45) is 1.55. The van der Waals surface area contributed by atoms with Gasteiger partial charge in [0, 0.05) is 18.3 Å². The average molecular weight is 193 g/mol. The highest BCUT2D eigenvalue weighted by molar-refractivity contribution is 5.21. The van der Waals surface area contributed by atoms with Crippen molar-refractivity contribution < 1.29 is 5.11 Å². The summed E-state index contributed by atoms with van der Waals surface area (Å²) < 4.78 is 1.70. The molecule has 0 aromatic carbocycles. The summed E-state index contributed by atoms with van der Waals surface area (Å²) in [6, 6.07) is 2.10. The predicted molar refractivity (Wildman–Crippen MR) is 52.3 cm³/mol. The standard InChI is InChI=1S/C10H15N3O/c1-4-8(5-11)10(14)9-6-12-13(3)7(9)2/h6,8,10,14H,4H2,1-3H3. The van der Waals surface area contributed by atoms with E-state index in [0.29, 0.717) is 6.42 Å². The molecule has 14 heavy (non-hydrogen) atoms. The van der Waals surface area contributed by atoms with Gasteiger partial charge in [-0.05, 0) is 13.3 Å².